The number of hydrogen-bond donors (Lipinski definition) is 1. The molecule has 0 aliphatic rings. The van der Waals surface area contributed by atoms with E-state index in [0.29, 0.717) is 6.54 Å². The van der Waals surface area contributed by atoms with Crippen molar-refractivity contribution in [3.05, 3.63) is 60.2 Å². The minimum Gasteiger partial charge on any atom is -0.372 e. The number of carbonyl (C=O) groups is 2. The molecule has 0 aliphatic heterocycles. The molecule has 1 N–H and O–H groups in total. The SMILES string of the molecule is CCN(CC)c1ccc(NC(=O)CN(CCc2ccccc2)C(C)=O)cc1. The van der Waals surface area contributed by atoms with Crippen LogP contribution in [0.1, 0.15) is 26.3 Å². The van der Waals surface area contributed by atoms with Gasteiger partial charge in [-0.2, -0.15) is 0 Å². The van der Waals surface area contributed by atoms with Crippen LogP contribution >= 0.6 is 0 Å². The molecule has 5 heteroatoms. The minimum atomic E-state index is -0.186. The summed E-state index contributed by atoms with van der Waals surface area (Å²) in [5, 5.41) is 2.88. The van der Waals surface area contributed by atoms with E-state index in [-0.39, 0.29) is 18.4 Å². The molecule has 2 aromatic rings. The summed E-state index contributed by atoms with van der Waals surface area (Å²) in [6.07, 6.45) is 0.728. The molecular weight excluding hydrogens is 338 g/mol. The van der Waals surface area contributed by atoms with Gasteiger partial charge in [0.2, 0.25) is 11.8 Å². The lowest BCUT2D eigenvalue weighted by atomic mass is 10.1. The second-order valence-corrected chi connectivity index (χ2v) is 6.44. The zero-order chi connectivity index (χ0) is 19.6. The Kier molecular flexibility index (Phi) is 7.86. The molecule has 0 aliphatic carbocycles. The molecule has 0 atom stereocenters. The average molecular weight is 367 g/mol. The van der Waals surface area contributed by atoms with Crippen molar-refractivity contribution >= 4 is 23.2 Å². The molecule has 5 nitrogen and oxygen atoms in total. The standard InChI is InChI=1S/C22H29N3O2/c1-4-24(5-2)21-13-11-20(12-14-21)23-22(27)17-25(18(3)26)16-15-19-9-7-6-8-10-19/h6-14H,4-5,15-17H2,1-3H3,(H,23,27). The maximum atomic E-state index is 12.4. The van der Waals surface area contributed by atoms with Gasteiger partial charge in [0, 0.05) is 37.9 Å². The Bertz CT molecular complexity index is 725. The van der Waals surface area contributed by atoms with Gasteiger partial charge in [0.05, 0.1) is 6.54 Å². The third-order valence-corrected chi connectivity index (χ3v) is 4.57. The predicted octanol–water partition coefficient (Wildman–Crippen LogP) is 3.56. The fourth-order valence-corrected chi connectivity index (χ4v) is 2.97. The normalized spacial score (nSPS) is 10.3. The monoisotopic (exact) mass is 367 g/mol. The maximum absolute atomic E-state index is 12.4. The van der Waals surface area contributed by atoms with E-state index in [1.807, 2.05) is 54.6 Å². The third kappa shape index (κ3) is 6.44. The number of carbonyl (C=O) groups excluding carboxylic acids is 2. The number of nitrogens with zero attached hydrogens (tertiary/aromatic N) is 2. The van der Waals surface area contributed by atoms with E-state index in [9.17, 15) is 9.59 Å². The van der Waals surface area contributed by atoms with Crippen LogP contribution in [0.2, 0.25) is 0 Å². The Labute approximate surface area is 162 Å². The highest BCUT2D eigenvalue weighted by Gasteiger charge is 2.14. The van der Waals surface area contributed by atoms with Gasteiger partial charge in [0.25, 0.3) is 0 Å². The molecule has 0 bridgehead atoms. The van der Waals surface area contributed by atoms with Crippen molar-refractivity contribution in [3.8, 4) is 0 Å². The van der Waals surface area contributed by atoms with Crippen LogP contribution in [0, 0.1) is 0 Å². The van der Waals surface area contributed by atoms with Crippen molar-refractivity contribution in [1.29, 1.82) is 0 Å². The highest BCUT2D eigenvalue weighted by molar-refractivity contribution is 5.94. The average Bonchev–Trinajstić information content (AvgIpc) is 2.68. The van der Waals surface area contributed by atoms with Crippen LogP contribution in [-0.2, 0) is 16.0 Å². The van der Waals surface area contributed by atoms with Crippen molar-refractivity contribution in [2.75, 3.05) is 36.4 Å². The van der Waals surface area contributed by atoms with Gasteiger partial charge in [-0.15, -0.1) is 0 Å². The first-order chi connectivity index (χ1) is 13.0. The van der Waals surface area contributed by atoms with Gasteiger partial charge in [-0.3, -0.25) is 9.59 Å². The van der Waals surface area contributed by atoms with Gasteiger partial charge in [-0.25, -0.2) is 0 Å². The fourth-order valence-electron chi connectivity index (χ4n) is 2.97. The lowest BCUT2D eigenvalue weighted by Gasteiger charge is -2.22. The summed E-state index contributed by atoms with van der Waals surface area (Å²) >= 11 is 0. The summed E-state index contributed by atoms with van der Waals surface area (Å²) in [5.41, 5.74) is 3.02. The van der Waals surface area contributed by atoms with Crippen LogP contribution in [0.5, 0.6) is 0 Å². The smallest absolute Gasteiger partial charge is 0.243 e. The van der Waals surface area contributed by atoms with Gasteiger partial charge in [0.15, 0.2) is 0 Å². The Balaban J connectivity index is 1.90. The van der Waals surface area contributed by atoms with E-state index >= 15 is 0 Å². The first-order valence-corrected chi connectivity index (χ1v) is 9.47. The molecule has 0 saturated heterocycles. The summed E-state index contributed by atoms with van der Waals surface area (Å²) < 4.78 is 0. The Morgan fingerprint density at radius 3 is 2.11 bits per heavy atom. The van der Waals surface area contributed by atoms with Crippen LogP contribution < -0.4 is 10.2 Å². The lowest BCUT2D eigenvalue weighted by Crippen LogP contribution is -2.38. The van der Waals surface area contributed by atoms with E-state index in [1.165, 1.54) is 6.92 Å². The number of amides is 2. The summed E-state index contributed by atoms with van der Waals surface area (Å²) in [5.74, 6) is -0.285. The summed E-state index contributed by atoms with van der Waals surface area (Å²) in [6, 6.07) is 17.8. The van der Waals surface area contributed by atoms with Gasteiger partial charge < -0.3 is 15.1 Å². The molecule has 2 amide bonds. The van der Waals surface area contributed by atoms with Gasteiger partial charge in [-0.1, -0.05) is 30.3 Å². The van der Waals surface area contributed by atoms with Crippen molar-refractivity contribution in [2.24, 2.45) is 0 Å². The van der Waals surface area contributed by atoms with Crippen LogP contribution in [-0.4, -0.2) is 42.9 Å². The second-order valence-electron chi connectivity index (χ2n) is 6.44. The Morgan fingerprint density at radius 1 is 0.926 bits per heavy atom. The molecule has 0 saturated carbocycles. The van der Waals surface area contributed by atoms with E-state index < -0.39 is 0 Å². The molecule has 0 aromatic heterocycles. The van der Waals surface area contributed by atoms with Gasteiger partial charge in [-0.05, 0) is 50.1 Å². The second kappa shape index (κ2) is 10.4. The molecule has 0 spiro atoms. The van der Waals surface area contributed by atoms with Crippen LogP contribution in [0.4, 0.5) is 11.4 Å². The predicted molar refractivity (Wildman–Crippen MR) is 111 cm³/mol. The van der Waals surface area contributed by atoms with Crippen molar-refractivity contribution < 1.29 is 9.59 Å². The molecule has 0 heterocycles. The zero-order valence-electron chi connectivity index (χ0n) is 16.4. The maximum Gasteiger partial charge on any atom is 0.243 e. The Hall–Kier alpha value is -2.82. The molecular formula is C22H29N3O2. The van der Waals surface area contributed by atoms with Crippen molar-refractivity contribution in [3.63, 3.8) is 0 Å². The highest BCUT2D eigenvalue weighted by atomic mass is 16.2. The summed E-state index contributed by atoms with van der Waals surface area (Å²) in [6.45, 7) is 8.19. The van der Waals surface area contributed by atoms with Crippen LogP contribution in [0.25, 0.3) is 0 Å². The van der Waals surface area contributed by atoms with Crippen LogP contribution in [0.3, 0.4) is 0 Å². The number of benzene rings is 2. The zero-order valence-corrected chi connectivity index (χ0v) is 16.4. The number of nitrogens with one attached hydrogen (secondary N) is 1. The fraction of sp³-hybridized carbons (Fsp3) is 0.364. The van der Waals surface area contributed by atoms with Gasteiger partial charge in [0.1, 0.15) is 0 Å². The van der Waals surface area contributed by atoms with Crippen molar-refractivity contribution in [2.45, 2.75) is 27.2 Å². The van der Waals surface area contributed by atoms with Crippen LogP contribution in [0.15, 0.2) is 54.6 Å². The third-order valence-electron chi connectivity index (χ3n) is 4.57. The number of rotatable bonds is 9. The summed E-state index contributed by atoms with van der Waals surface area (Å²) in [7, 11) is 0. The van der Waals surface area contributed by atoms with E-state index in [0.717, 1.165) is 36.4 Å². The lowest BCUT2D eigenvalue weighted by molar-refractivity contribution is -0.132. The molecule has 2 aromatic carbocycles. The largest absolute Gasteiger partial charge is 0.372 e. The molecule has 0 radical (unpaired) electrons. The van der Waals surface area contributed by atoms with Gasteiger partial charge >= 0.3 is 0 Å². The van der Waals surface area contributed by atoms with Crippen molar-refractivity contribution in [1.82, 2.24) is 4.90 Å². The summed E-state index contributed by atoms with van der Waals surface area (Å²) in [4.78, 5) is 28.1. The topological polar surface area (TPSA) is 52.7 Å². The Morgan fingerprint density at radius 2 is 1.56 bits per heavy atom. The first-order valence-electron chi connectivity index (χ1n) is 9.47. The van der Waals surface area contributed by atoms with E-state index in [4.69, 9.17) is 0 Å². The minimum absolute atomic E-state index is 0.0555. The highest BCUT2D eigenvalue weighted by Crippen LogP contribution is 2.17. The van der Waals surface area contributed by atoms with E-state index in [1.54, 1.807) is 4.90 Å². The molecule has 0 fully saturated rings. The molecule has 27 heavy (non-hydrogen) atoms. The number of anilines is 2. The number of hydrogen-bond acceptors (Lipinski definition) is 3. The molecule has 0 unspecified atom stereocenters. The van der Waals surface area contributed by atoms with E-state index in [2.05, 4.69) is 24.1 Å². The first kappa shape index (κ1) is 20.5. The molecule has 2 rings (SSSR count). The molecule has 144 valence electrons. The quantitative estimate of drug-likeness (QED) is 0.737.